The zero-order valence-electron chi connectivity index (χ0n) is 12.1. The first-order valence-corrected chi connectivity index (χ1v) is 6.65. The second-order valence-corrected chi connectivity index (χ2v) is 5.89. The van der Waals surface area contributed by atoms with Crippen LogP contribution in [-0.4, -0.2) is 30.2 Å². The van der Waals surface area contributed by atoms with Crippen molar-refractivity contribution in [2.45, 2.75) is 32.4 Å². The molecule has 6 heteroatoms. The van der Waals surface area contributed by atoms with E-state index >= 15 is 0 Å². The van der Waals surface area contributed by atoms with E-state index in [1.807, 2.05) is 0 Å². The van der Waals surface area contributed by atoms with Crippen molar-refractivity contribution >= 4 is 17.7 Å². The highest BCUT2D eigenvalue weighted by atomic mass is 35.5. The molecule has 1 unspecified atom stereocenters. The first-order valence-electron chi connectivity index (χ1n) is 6.27. The van der Waals surface area contributed by atoms with Crippen molar-refractivity contribution in [3.63, 3.8) is 0 Å². The van der Waals surface area contributed by atoms with Gasteiger partial charge in [-0.2, -0.15) is 0 Å². The smallest absolute Gasteiger partial charge is 0.410 e. The van der Waals surface area contributed by atoms with Crippen molar-refractivity contribution in [3.05, 3.63) is 34.6 Å². The third-order valence-corrected chi connectivity index (χ3v) is 3.03. The molecule has 1 aromatic carbocycles. The van der Waals surface area contributed by atoms with Crippen LogP contribution in [0.2, 0.25) is 5.02 Å². The van der Waals surface area contributed by atoms with Gasteiger partial charge in [-0.15, -0.1) is 0 Å². The summed E-state index contributed by atoms with van der Waals surface area (Å²) in [7, 11) is 1.51. The fraction of sp³-hybridized carbons (Fsp3) is 0.500. The number of rotatable bonds is 3. The fourth-order valence-corrected chi connectivity index (χ4v) is 2.05. The Morgan fingerprint density at radius 2 is 2.10 bits per heavy atom. The third kappa shape index (κ3) is 4.08. The molecule has 0 aliphatic heterocycles. The maximum Gasteiger partial charge on any atom is 0.410 e. The molecular formula is C14H20ClFN2O2. The predicted molar refractivity (Wildman–Crippen MR) is 77.2 cm³/mol. The minimum Gasteiger partial charge on any atom is -0.444 e. The number of ether oxygens (including phenoxy) is 1. The van der Waals surface area contributed by atoms with Crippen LogP contribution < -0.4 is 5.73 Å². The van der Waals surface area contributed by atoms with Crippen LogP contribution in [0.1, 0.15) is 32.4 Å². The summed E-state index contributed by atoms with van der Waals surface area (Å²) in [5, 5.41) is 0.232. The van der Waals surface area contributed by atoms with E-state index in [1.165, 1.54) is 24.1 Å². The van der Waals surface area contributed by atoms with Crippen molar-refractivity contribution in [2.24, 2.45) is 5.73 Å². The Morgan fingerprint density at radius 1 is 1.50 bits per heavy atom. The monoisotopic (exact) mass is 302 g/mol. The van der Waals surface area contributed by atoms with Gasteiger partial charge in [-0.05, 0) is 32.9 Å². The van der Waals surface area contributed by atoms with Crippen molar-refractivity contribution in [1.82, 2.24) is 4.90 Å². The number of carbonyl (C=O) groups excluding carboxylic acids is 1. The van der Waals surface area contributed by atoms with Gasteiger partial charge in [0.2, 0.25) is 0 Å². The van der Waals surface area contributed by atoms with Gasteiger partial charge in [0.1, 0.15) is 11.4 Å². The van der Waals surface area contributed by atoms with Crippen LogP contribution in [0.25, 0.3) is 0 Å². The molecular weight excluding hydrogens is 283 g/mol. The summed E-state index contributed by atoms with van der Waals surface area (Å²) in [6, 6.07) is 3.67. The number of nitrogens with zero attached hydrogens (tertiary/aromatic N) is 1. The first kappa shape index (κ1) is 16.7. The molecule has 0 radical (unpaired) electrons. The minimum atomic E-state index is -0.682. The summed E-state index contributed by atoms with van der Waals surface area (Å²) < 4.78 is 19.2. The third-order valence-electron chi connectivity index (χ3n) is 2.71. The summed E-state index contributed by atoms with van der Waals surface area (Å²) in [6.45, 7) is 5.31. The van der Waals surface area contributed by atoms with Crippen LogP contribution in [-0.2, 0) is 4.74 Å². The van der Waals surface area contributed by atoms with E-state index < -0.39 is 23.6 Å². The number of likely N-dealkylation sites (N-methyl/N-ethyl adjacent to an activating group) is 1. The van der Waals surface area contributed by atoms with E-state index in [9.17, 15) is 9.18 Å². The summed E-state index contributed by atoms with van der Waals surface area (Å²) in [5.41, 5.74) is 5.23. The van der Waals surface area contributed by atoms with E-state index in [1.54, 1.807) is 26.8 Å². The topological polar surface area (TPSA) is 55.6 Å². The van der Waals surface area contributed by atoms with Crippen LogP contribution in [0.3, 0.4) is 0 Å². The molecule has 0 fully saturated rings. The zero-order valence-corrected chi connectivity index (χ0v) is 12.9. The number of hydrogen-bond donors (Lipinski definition) is 1. The highest BCUT2D eigenvalue weighted by Gasteiger charge is 2.28. The normalized spacial score (nSPS) is 12.9. The number of nitrogens with two attached hydrogens (primary N) is 1. The van der Waals surface area contributed by atoms with Crippen molar-refractivity contribution in [3.8, 4) is 0 Å². The average Bonchev–Trinajstić information content (AvgIpc) is 2.31. The van der Waals surface area contributed by atoms with Crippen molar-refractivity contribution in [1.29, 1.82) is 0 Å². The standard InChI is InChI=1S/C14H20ClFN2O2/c1-14(2,3)20-13(19)18(4)11(8-17)12-9(15)6-5-7-10(12)16/h5-7,11H,8,17H2,1-4H3. The summed E-state index contributed by atoms with van der Waals surface area (Å²) in [4.78, 5) is 13.3. The SMILES string of the molecule is CN(C(=O)OC(C)(C)C)C(CN)c1c(F)cccc1Cl. The Morgan fingerprint density at radius 3 is 2.55 bits per heavy atom. The number of benzene rings is 1. The van der Waals surface area contributed by atoms with Gasteiger partial charge in [0, 0.05) is 24.2 Å². The van der Waals surface area contributed by atoms with E-state index in [-0.39, 0.29) is 17.1 Å². The summed E-state index contributed by atoms with van der Waals surface area (Å²) >= 11 is 6.01. The highest BCUT2D eigenvalue weighted by molar-refractivity contribution is 6.31. The molecule has 112 valence electrons. The van der Waals surface area contributed by atoms with Crippen molar-refractivity contribution in [2.75, 3.05) is 13.6 Å². The molecule has 0 saturated heterocycles. The number of halogens is 2. The zero-order chi connectivity index (χ0) is 15.5. The van der Waals surface area contributed by atoms with Crippen LogP contribution in [0.5, 0.6) is 0 Å². The molecule has 0 spiro atoms. The molecule has 0 bridgehead atoms. The predicted octanol–water partition coefficient (Wildman–Crippen LogP) is 3.35. The van der Waals surface area contributed by atoms with Gasteiger partial charge < -0.3 is 15.4 Å². The van der Waals surface area contributed by atoms with E-state index in [4.69, 9.17) is 22.1 Å². The van der Waals surface area contributed by atoms with E-state index in [2.05, 4.69) is 0 Å². The van der Waals surface area contributed by atoms with Gasteiger partial charge in [-0.25, -0.2) is 9.18 Å². The summed E-state index contributed by atoms with van der Waals surface area (Å²) in [5.74, 6) is -0.497. The molecule has 0 saturated carbocycles. The van der Waals surface area contributed by atoms with Crippen LogP contribution >= 0.6 is 11.6 Å². The molecule has 4 nitrogen and oxygen atoms in total. The van der Waals surface area contributed by atoms with Crippen LogP contribution in [0, 0.1) is 5.82 Å². The van der Waals surface area contributed by atoms with Gasteiger partial charge in [0.15, 0.2) is 0 Å². The van der Waals surface area contributed by atoms with Gasteiger partial charge in [-0.3, -0.25) is 0 Å². The van der Waals surface area contributed by atoms with Crippen LogP contribution in [0.15, 0.2) is 18.2 Å². The summed E-state index contributed by atoms with van der Waals surface area (Å²) in [6.07, 6.45) is -0.577. The second-order valence-electron chi connectivity index (χ2n) is 5.48. The molecule has 1 rings (SSSR count). The Hall–Kier alpha value is -1.33. The molecule has 1 aromatic rings. The average molecular weight is 303 g/mol. The lowest BCUT2D eigenvalue weighted by Crippen LogP contribution is -2.39. The van der Waals surface area contributed by atoms with Gasteiger partial charge >= 0.3 is 6.09 Å². The van der Waals surface area contributed by atoms with E-state index in [0.29, 0.717) is 0 Å². The van der Waals surface area contributed by atoms with Crippen molar-refractivity contribution < 1.29 is 13.9 Å². The lowest BCUT2D eigenvalue weighted by atomic mass is 10.1. The molecule has 1 amide bonds. The lowest BCUT2D eigenvalue weighted by Gasteiger charge is -2.30. The lowest BCUT2D eigenvalue weighted by molar-refractivity contribution is 0.0223. The molecule has 1 atom stereocenters. The Labute approximate surface area is 123 Å². The number of amides is 1. The van der Waals surface area contributed by atoms with Gasteiger partial charge in [0.25, 0.3) is 0 Å². The van der Waals surface area contributed by atoms with E-state index in [0.717, 1.165) is 0 Å². The van der Waals surface area contributed by atoms with Crippen LogP contribution in [0.4, 0.5) is 9.18 Å². The number of carbonyl (C=O) groups is 1. The highest BCUT2D eigenvalue weighted by Crippen LogP contribution is 2.29. The quantitative estimate of drug-likeness (QED) is 0.931. The second kappa shape index (κ2) is 6.41. The maximum absolute atomic E-state index is 13.9. The molecule has 0 aromatic heterocycles. The van der Waals surface area contributed by atoms with Gasteiger partial charge in [-0.1, -0.05) is 17.7 Å². The minimum absolute atomic E-state index is 0.0381. The first-order chi connectivity index (χ1) is 9.17. The maximum atomic E-state index is 13.9. The molecule has 20 heavy (non-hydrogen) atoms. The largest absolute Gasteiger partial charge is 0.444 e. The molecule has 2 N–H and O–H groups in total. The number of hydrogen-bond acceptors (Lipinski definition) is 3. The molecule has 0 aliphatic carbocycles. The Kier molecular flexibility index (Phi) is 5.36. The Balaban J connectivity index is 3.04. The Bertz CT molecular complexity index is 468. The fourth-order valence-electron chi connectivity index (χ4n) is 1.76. The van der Waals surface area contributed by atoms with Gasteiger partial charge in [0.05, 0.1) is 6.04 Å². The molecule has 0 aliphatic rings. The molecule has 0 heterocycles.